The lowest BCUT2D eigenvalue weighted by Gasteiger charge is -2.47. The summed E-state index contributed by atoms with van der Waals surface area (Å²) in [5.74, 6) is -5.34. The zero-order valence-corrected chi connectivity index (χ0v) is 17.4. The third kappa shape index (κ3) is 5.66. The molecule has 1 N–H and O–H groups in total. The summed E-state index contributed by atoms with van der Waals surface area (Å²) >= 11 is 0. The van der Waals surface area contributed by atoms with Crippen molar-refractivity contribution in [3.05, 3.63) is 0 Å². The second-order valence-electron chi connectivity index (χ2n) is 7.19. The topological polar surface area (TPSA) is 90.9 Å². The lowest BCUT2D eigenvalue weighted by atomic mass is 9.79. The number of terminal acetylenes is 1. The van der Waals surface area contributed by atoms with Gasteiger partial charge in [-0.3, -0.25) is 9.59 Å². The molecule has 0 aromatic carbocycles. The minimum atomic E-state index is -3.35. The quantitative estimate of drug-likeness (QED) is 0.480. The van der Waals surface area contributed by atoms with Gasteiger partial charge in [-0.05, 0) is 6.42 Å². The zero-order valence-electron chi connectivity index (χ0n) is 17.4. The van der Waals surface area contributed by atoms with Crippen LogP contribution in [-0.2, 0) is 28.6 Å². The fraction of sp³-hybridized carbons (Fsp3) is 0.750. The predicted molar refractivity (Wildman–Crippen MR) is 99.8 cm³/mol. The Balaban J connectivity index is 3.27. The summed E-state index contributed by atoms with van der Waals surface area (Å²) in [6, 6.07) is -0.983. The molecule has 1 aliphatic heterocycles. The standard InChI is InChI=1S/C20H29F2NO6/c1-7-9-10-15(25)23-16-12(4)18(21)20(22,19(26)27-6)29-17(16)11(3)14(8-2)28-13(5)24/h1,11-12,14,16-18H,8-10H2,2-6H3,(H,23,25)/t11-,12+,14-,16-,17?,18?,20-/m1/s1. The number of esters is 2. The lowest BCUT2D eigenvalue weighted by Crippen LogP contribution is -2.67. The Labute approximate surface area is 169 Å². The Morgan fingerprint density at radius 1 is 1.38 bits per heavy atom. The summed E-state index contributed by atoms with van der Waals surface area (Å²) in [7, 11) is 0.921. The average molecular weight is 417 g/mol. The van der Waals surface area contributed by atoms with E-state index in [4.69, 9.17) is 15.9 Å². The van der Waals surface area contributed by atoms with Gasteiger partial charge in [0.15, 0.2) is 6.17 Å². The number of rotatable bonds is 8. The molecule has 0 radical (unpaired) electrons. The van der Waals surface area contributed by atoms with Gasteiger partial charge in [0.05, 0.1) is 19.3 Å². The smallest absolute Gasteiger partial charge is 0.375 e. The van der Waals surface area contributed by atoms with E-state index in [2.05, 4.69) is 16.0 Å². The Morgan fingerprint density at radius 2 is 2.00 bits per heavy atom. The Bertz CT molecular complexity index is 651. The first-order valence-corrected chi connectivity index (χ1v) is 9.52. The number of hydrogen-bond donors (Lipinski definition) is 1. The first-order valence-electron chi connectivity index (χ1n) is 9.52. The van der Waals surface area contributed by atoms with Gasteiger partial charge in [0, 0.05) is 31.6 Å². The van der Waals surface area contributed by atoms with Crippen molar-refractivity contribution in [1.82, 2.24) is 5.32 Å². The minimum Gasteiger partial charge on any atom is -0.465 e. The molecule has 0 aromatic heterocycles. The molecular weight excluding hydrogens is 388 g/mol. The van der Waals surface area contributed by atoms with Crippen molar-refractivity contribution < 1.29 is 37.4 Å². The summed E-state index contributed by atoms with van der Waals surface area (Å²) in [4.78, 5) is 35.6. The highest BCUT2D eigenvalue weighted by Crippen LogP contribution is 2.41. The minimum absolute atomic E-state index is 0.00328. The van der Waals surface area contributed by atoms with E-state index >= 15 is 4.39 Å². The number of carbonyl (C=O) groups is 3. The van der Waals surface area contributed by atoms with Gasteiger partial charge in [-0.25, -0.2) is 9.18 Å². The lowest BCUT2D eigenvalue weighted by molar-refractivity contribution is -0.277. The zero-order chi connectivity index (χ0) is 22.4. The van der Waals surface area contributed by atoms with Crippen LogP contribution >= 0.6 is 0 Å². The van der Waals surface area contributed by atoms with E-state index in [1.807, 2.05) is 0 Å². The molecule has 1 fully saturated rings. The summed E-state index contributed by atoms with van der Waals surface area (Å²) < 4.78 is 45.1. The highest BCUT2D eigenvalue weighted by atomic mass is 19.2. The molecule has 1 amide bonds. The maximum Gasteiger partial charge on any atom is 0.375 e. The molecule has 0 saturated carbocycles. The van der Waals surface area contributed by atoms with E-state index in [1.54, 1.807) is 13.8 Å². The summed E-state index contributed by atoms with van der Waals surface area (Å²) in [6.45, 7) is 5.95. The van der Waals surface area contributed by atoms with Crippen molar-refractivity contribution in [1.29, 1.82) is 0 Å². The molecule has 1 heterocycles. The van der Waals surface area contributed by atoms with Crippen LogP contribution in [0.4, 0.5) is 8.78 Å². The van der Waals surface area contributed by atoms with Gasteiger partial charge in [0.25, 0.3) is 0 Å². The van der Waals surface area contributed by atoms with Crippen LogP contribution in [0.15, 0.2) is 0 Å². The first-order chi connectivity index (χ1) is 13.5. The third-order valence-corrected chi connectivity index (χ3v) is 5.16. The number of methoxy groups -OCH3 is 1. The number of nitrogens with one attached hydrogen (secondary N) is 1. The molecule has 0 bridgehead atoms. The molecule has 0 aliphatic carbocycles. The third-order valence-electron chi connectivity index (χ3n) is 5.16. The number of ether oxygens (including phenoxy) is 3. The van der Waals surface area contributed by atoms with E-state index in [9.17, 15) is 18.8 Å². The van der Waals surface area contributed by atoms with Crippen LogP contribution in [0.25, 0.3) is 0 Å². The van der Waals surface area contributed by atoms with Crippen molar-refractivity contribution in [2.75, 3.05) is 7.11 Å². The van der Waals surface area contributed by atoms with Crippen LogP contribution in [0, 0.1) is 24.2 Å². The monoisotopic (exact) mass is 417 g/mol. The largest absolute Gasteiger partial charge is 0.465 e. The van der Waals surface area contributed by atoms with E-state index in [-0.39, 0.29) is 12.8 Å². The number of halogens is 2. The number of alkyl halides is 2. The van der Waals surface area contributed by atoms with E-state index in [0.717, 1.165) is 7.11 Å². The fourth-order valence-corrected chi connectivity index (χ4v) is 3.53. The van der Waals surface area contributed by atoms with Crippen molar-refractivity contribution in [2.45, 2.75) is 77.2 Å². The number of carbonyl (C=O) groups excluding carboxylic acids is 3. The van der Waals surface area contributed by atoms with Crippen molar-refractivity contribution >= 4 is 17.8 Å². The molecule has 7 nitrogen and oxygen atoms in total. The first kappa shape index (κ1) is 24.8. The van der Waals surface area contributed by atoms with Crippen LogP contribution in [-0.4, -0.2) is 55.2 Å². The van der Waals surface area contributed by atoms with Gasteiger partial charge in [-0.2, -0.15) is 4.39 Å². The van der Waals surface area contributed by atoms with Gasteiger partial charge in [-0.1, -0.05) is 20.8 Å². The Hall–Kier alpha value is -2.21. The Kier molecular flexibility index (Phi) is 9.02. The van der Waals surface area contributed by atoms with Gasteiger partial charge in [0.2, 0.25) is 5.91 Å². The van der Waals surface area contributed by atoms with Gasteiger partial charge in [0.1, 0.15) is 6.10 Å². The summed E-state index contributed by atoms with van der Waals surface area (Å²) in [5.41, 5.74) is 0. The molecule has 7 atom stereocenters. The maximum atomic E-state index is 15.2. The van der Waals surface area contributed by atoms with Crippen LogP contribution in [0.2, 0.25) is 0 Å². The fourth-order valence-electron chi connectivity index (χ4n) is 3.53. The van der Waals surface area contributed by atoms with Crippen LogP contribution in [0.1, 0.15) is 47.0 Å². The van der Waals surface area contributed by atoms with Gasteiger partial charge < -0.3 is 19.5 Å². The van der Waals surface area contributed by atoms with E-state index in [1.165, 1.54) is 13.8 Å². The summed E-state index contributed by atoms with van der Waals surface area (Å²) in [6.07, 6.45) is 1.44. The summed E-state index contributed by atoms with van der Waals surface area (Å²) in [5, 5.41) is 2.63. The molecular formula is C20H29F2NO6. The molecule has 0 aromatic rings. The molecule has 2 unspecified atom stereocenters. The molecule has 1 rings (SSSR count). The number of hydrogen-bond acceptors (Lipinski definition) is 6. The van der Waals surface area contributed by atoms with Crippen molar-refractivity contribution in [3.8, 4) is 12.3 Å². The molecule has 1 saturated heterocycles. The normalized spacial score (nSPS) is 31.1. The van der Waals surface area contributed by atoms with Crippen LogP contribution in [0.5, 0.6) is 0 Å². The number of amides is 1. The van der Waals surface area contributed by atoms with Crippen LogP contribution in [0.3, 0.4) is 0 Å². The average Bonchev–Trinajstić information content (AvgIpc) is 2.69. The molecule has 9 heteroatoms. The van der Waals surface area contributed by atoms with Crippen molar-refractivity contribution in [2.24, 2.45) is 11.8 Å². The SMILES string of the molecule is C#CCCC(=O)N[C@H]1C([C@H](C)[C@@H](CC)OC(C)=O)O[C@@](F)(C(=O)OC)C(F)[C@H]1C. The highest BCUT2D eigenvalue weighted by molar-refractivity contribution is 5.79. The van der Waals surface area contributed by atoms with Crippen molar-refractivity contribution in [3.63, 3.8) is 0 Å². The predicted octanol–water partition coefficient (Wildman–Crippen LogP) is 2.07. The highest BCUT2D eigenvalue weighted by Gasteiger charge is 2.61. The van der Waals surface area contributed by atoms with Gasteiger partial charge >= 0.3 is 17.8 Å². The van der Waals surface area contributed by atoms with Gasteiger partial charge in [-0.15, -0.1) is 12.3 Å². The maximum absolute atomic E-state index is 15.2. The Morgan fingerprint density at radius 3 is 2.48 bits per heavy atom. The van der Waals surface area contributed by atoms with E-state index < -0.39 is 60.0 Å². The second kappa shape index (κ2) is 10.5. The second-order valence-corrected chi connectivity index (χ2v) is 7.19. The van der Waals surface area contributed by atoms with Crippen LogP contribution < -0.4 is 5.32 Å². The van der Waals surface area contributed by atoms with E-state index in [0.29, 0.717) is 6.42 Å². The molecule has 0 spiro atoms. The molecule has 29 heavy (non-hydrogen) atoms. The molecule has 164 valence electrons. The molecule has 1 aliphatic rings.